The van der Waals surface area contributed by atoms with Gasteiger partial charge in [-0.05, 0) is 24.1 Å². The molecule has 0 aromatic carbocycles. The van der Waals surface area contributed by atoms with Crippen LogP contribution in [0.4, 0.5) is 11.6 Å². The SMILES string of the molecule is Cn1ccc(-c2cn([C@@H]3O[C@H](C(=O)Nc4ccc(C5C=CC=CC5)cn4)[C@@H](O)[C@H]3O)c3ncnc(N)c23)n1. The number of hydrogen-bond acceptors (Lipinski definition) is 9. The number of nitrogens with zero attached hydrogens (tertiary/aromatic N) is 6. The van der Waals surface area contributed by atoms with E-state index in [0.717, 1.165) is 12.0 Å². The molecule has 1 aliphatic carbocycles. The predicted molar refractivity (Wildman–Crippen MR) is 139 cm³/mol. The molecule has 5 atom stereocenters. The van der Waals surface area contributed by atoms with Gasteiger partial charge in [0.05, 0.1) is 11.1 Å². The van der Waals surface area contributed by atoms with Crippen molar-refractivity contribution in [1.82, 2.24) is 29.3 Å². The fourth-order valence-corrected chi connectivity index (χ4v) is 4.88. The Balaban J connectivity index is 1.24. The lowest BCUT2D eigenvalue weighted by atomic mass is 9.94. The zero-order valence-electron chi connectivity index (χ0n) is 20.4. The third-order valence-electron chi connectivity index (χ3n) is 6.85. The molecule has 1 aliphatic heterocycles. The zero-order valence-corrected chi connectivity index (χ0v) is 20.4. The molecule has 4 aromatic rings. The van der Waals surface area contributed by atoms with Crippen molar-refractivity contribution in [3.63, 3.8) is 0 Å². The highest BCUT2D eigenvalue weighted by Crippen LogP contribution is 2.38. The molecule has 1 fully saturated rings. The molecule has 5 N–H and O–H groups in total. The largest absolute Gasteiger partial charge is 0.387 e. The van der Waals surface area contributed by atoms with Crippen LogP contribution < -0.4 is 11.1 Å². The number of fused-ring (bicyclic) bond motifs is 1. The van der Waals surface area contributed by atoms with Gasteiger partial charge in [-0.3, -0.25) is 9.48 Å². The van der Waals surface area contributed by atoms with Crippen molar-refractivity contribution in [3.05, 3.63) is 73.0 Å². The van der Waals surface area contributed by atoms with Crippen molar-refractivity contribution in [3.8, 4) is 11.3 Å². The van der Waals surface area contributed by atoms with E-state index in [-0.39, 0.29) is 11.7 Å². The van der Waals surface area contributed by atoms with Crippen molar-refractivity contribution in [2.75, 3.05) is 11.1 Å². The summed E-state index contributed by atoms with van der Waals surface area (Å²) in [7, 11) is 1.79. The van der Waals surface area contributed by atoms with Crippen molar-refractivity contribution in [2.24, 2.45) is 7.05 Å². The normalized spacial score (nSPS) is 24.8. The summed E-state index contributed by atoms with van der Waals surface area (Å²) in [6.07, 6.45) is 10.2. The number of carbonyl (C=O) groups is 1. The highest BCUT2D eigenvalue weighted by atomic mass is 16.6. The van der Waals surface area contributed by atoms with E-state index in [2.05, 4.69) is 37.5 Å². The monoisotopic (exact) mass is 514 g/mol. The number of hydrogen-bond donors (Lipinski definition) is 4. The van der Waals surface area contributed by atoms with Gasteiger partial charge < -0.3 is 30.6 Å². The van der Waals surface area contributed by atoms with Crippen LogP contribution in [-0.2, 0) is 16.6 Å². The van der Waals surface area contributed by atoms with Gasteiger partial charge >= 0.3 is 0 Å². The number of nitrogens with two attached hydrogens (primary N) is 1. The van der Waals surface area contributed by atoms with Gasteiger partial charge in [0, 0.05) is 37.1 Å². The number of aliphatic hydroxyl groups excluding tert-OH is 2. The molecule has 1 unspecified atom stereocenters. The highest BCUT2D eigenvalue weighted by molar-refractivity contribution is 6.00. The number of ether oxygens (including phenoxy) is 1. The second kappa shape index (κ2) is 9.49. The van der Waals surface area contributed by atoms with Crippen molar-refractivity contribution < 1.29 is 19.7 Å². The first-order chi connectivity index (χ1) is 18.4. The zero-order chi connectivity index (χ0) is 26.4. The Kier molecular flexibility index (Phi) is 5.98. The summed E-state index contributed by atoms with van der Waals surface area (Å²) in [4.78, 5) is 25.8. The molecule has 6 rings (SSSR count). The Labute approximate surface area is 217 Å². The van der Waals surface area contributed by atoms with Gasteiger partial charge in [0.1, 0.15) is 35.8 Å². The third-order valence-corrected chi connectivity index (χ3v) is 6.85. The average molecular weight is 515 g/mol. The maximum absolute atomic E-state index is 13.0. The van der Waals surface area contributed by atoms with Crippen LogP contribution in [0, 0.1) is 0 Å². The summed E-state index contributed by atoms with van der Waals surface area (Å²) in [6.45, 7) is 0. The summed E-state index contributed by atoms with van der Waals surface area (Å²) in [5.74, 6) is 0.145. The maximum Gasteiger partial charge on any atom is 0.257 e. The van der Waals surface area contributed by atoms with Crippen molar-refractivity contribution in [2.45, 2.75) is 36.9 Å². The number of nitrogen functional groups attached to an aromatic ring is 1. The first kappa shape index (κ1) is 24.0. The molecule has 2 aliphatic rings. The Morgan fingerprint density at radius 1 is 1.16 bits per heavy atom. The lowest BCUT2D eigenvalue weighted by Crippen LogP contribution is -2.39. The lowest BCUT2D eigenvalue weighted by molar-refractivity contribution is -0.132. The molecule has 38 heavy (non-hydrogen) atoms. The first-order valence-electron chi connectivity index (χ1n) is 12.1. The molecular formula is C26H26N8O4. The molecule has 194 valence electrons. The number of aliphatic hydroxyl groups is 2. The number of allylic oxidation sites excluding steroid dienone is 4. The fraction of sp³-hybridized carbons (Fsp3) is 0.269. The molecule has 5 heterocycles. The third kappa shape index (κ3) is 4.14. The molecule has 4 aromatic heterocycles. The Morgan fingerprint density at radius 3 is 2.74 bits per heavy atom. The summed E-state index contributed by atoms with van der Waals surface area (Å²) in [6, 6.07) is 5.41. The molecule has 12 heteroatoms. The van der Waals surface area contributed by atoms with Gasteiger partial charge in [-0.15, -0.1) is 0 Å². The topological polar surface area (TPSA) is 166 Å². The number of amides is 1. The maximum atomic E-state index is 13.0. The summed E-state index contributed by atoms with van der Waals surface area (Å²) < 4.78 is 9.09. The summed E-state index contributed by atoms with van der Waals surface area (Å²) in [5, 5.41) is 29.3. The number of carbonyl (C=O) groups excluding carboxylic acids is 1. The fourth-order valence-electron chi connectivity index (χ4n) is 4.88. The number of anilines is 2. The quantitative estimate of drug-likeness (QED) is 0.310. The van der Waals surface area contributed by atoms with Crippen LogP contribution in [-0.4, -0.2) is 63.7 Å². The summed E-state index contributed by atoms with van der Waals surface area (Å²) >= 11 is 0. The number of nitrogens with one attached hydrogen (secondary N) is 1. The van der Waals surface area contributed by atoms with Crippen LogP contribution in [0.1, 0.15) is 24.1 Å². The van der Waals surface area contributed by atoms with E-state index in [9.17, 15) is 15.0 Å². The minimum absolute atomic E-state index is 0.228. The number of pyridine rings is 1. The second-order valence-corrected chi connectivity index (χ2v) is 9.33. The molecule has 0 bridgehead atoms. The van der Waals surface area contributed by atoms with Gasteiger partial charge in [0.25, 0.3) is 5.91 Å². The van der Waals surface area contributed by atoms with E-state index < -0.39 is 30.4 Å². The Morgan fingerprint density at radius 2 is 2.03 bits per heavy atom. The van der Waals surface area contributed by atoms with Gasteiger partial charge in [-0.2, -0.15) is 5.10 Å². The van der Waals surface area contributed by atoms with Crippen molar-refractivity contribution >= 4 is 28.6 Å². The van der Waals surface area contributed by atoms with E-state index in [1.807, 2.05) is 24.3 Å². The standard InChI is InChI=1S/C26H26N8O4/c1-33-10-9-17(32-33)16-12-34(24-19(16)23(27)29-13-30-24)26-21(36)20(35)22(38-26)25(37)31-18-8-7-15(11-28-18)14-5-3-2-4-6-14/h2-5,7-14,20-22,26,35-36H,6H2,1H3,(H2,27,29,30)(H,28,31,37)/t14?,20-,21+,22-,26+/m0/s1. The van der Waals surface area contributed by atoms with Gasteiger partial charge in [0.2, 0.25) is 0 Å². The molecule has 12 nitrogen and oxygen atoms in total. The lowest BCUT2D eigenvalue weighted by Gasteiger charge is -2.17. The van der Waals surface area contributed by atoms with E-state index in [1.165, 1.54) is 10.9 Å². The molecule has 1 saturated heterocycles. The van der Waals surface area contributed by atoms with Gasteiger partial charge in [-0.25, -0.2) is 15.0 Å². The van der Waals surface area contributed by atoms with Crippen molar-refractivity contribution in [1.29, 1.82) is 0 Å². The smallest absolute Gasteiger partial charge is 0.257 e. The van der Waals surface area contributed by atoms with Crippen LogP contribution in [0.2, 0.25) is 0 Å². The highest BCUT2D eigenvalue weighted by Gasteiger charge is 2.48. The van der Waals surface area contributed by atoms with E-state index in [0.29, 0.717) is 28.1 Å². The number of rotatable bonds is 5. The molecular weight excluding hydrogens is 488 g/mol. The minimum atomic E-state index is -1.49. The Bertz CT molecular complexity index is 1560. The molecule has 0 spiro atoms. The van der Waals surface area contributed by atoms with E-state index >= 15 is 0 Å². The van der Waals surface area contributed by atoms with Gasteiger partial charge in [0.15, 0.2) is 12.3 Å². The van der Waals surface area contributed by atoms with Crippen LogP contribution in [0.5, 0.6) is 0 Å². The molecule has 0 saturated carbocycles. The van der Waals surface area contributed by atoms with Gasteiger partial charge in [-0.1, -0.05) is 30.4 Å². The Hall–Kier alpha value is -4.39. The van der Waals surface area contributed by atoms with Crippen LogP contribution in [0.15, 0.2) is 67.4 Å². The average Bonchev–Trinajstić information content (AvgIpc) is 3.61. The molecule has 0 radical (unpaired) electrons. The van der Waals surface area contributed by atoms with E-state index in [4.69, 9.17) is 10.5 Å². The second-order valence-electron chi connectivity index (χ2n) is 9.33. The van der Waals surface area contributed by atoms with E-state index in [1.54, 1.807) is 36.4 Å². The predicted octanol–water partition coefficient (Wildman–Crippen LogP) is 1.67. The number of aryl methyl sites for hydroxylation is 1. The number of aromatic nitrogens is 6. The minimum Gasteiger partial charge on any atom is -0.387 e. The summed E-state index contributed by atoms with van der Waals surface area (Å²) in [5.41, 5.74) is 8.82. The first-order valence-corrected chi connectivity index (χ1v) is 12.1. The van der Waals surface area contributed by atoms with Crippen LogP contribution >= 0.6 is 0 Å². The molecule has 1 amide bonds. The van der Waals surface area contributed by atoms with Crippen LogP contribution in [0.25, 0.3) is 22.3 Å². The van der Waals surface area contributed by atoms with Crippen LogP contribution in [0.3, 0.4) is 0 Å².